The highest BCUT2D eigenvalue weighted by Crippen LogP contribution is 2.30. The molecule has 1 saturated heterocycles. The van der Waals surface area contributed by atoms with Crippen molar-refractivity contribution in [2.75, 3.05) is 20.3 Å². The highest BCUT2D eigenvalue weighted by molar-refractivity contribution is 6.00. The van der Waals surface area contributed by atoms with E-state index in [4.69, 9.17) is 14.2 Å². The molecule has 1 N–H and O–H groups in total. The van der Waals surface area contributed by atoms with E-state index in [0.29, 0.717) is 25.5 Å². The molecule has 2 aliphatic rings. The number of hydrogen-bond donors (Lipinski definition) is 1. The molecule has 52 heavy (non-hydrogen) atoms. The Balaban J connectivity index is 1.15. The van der Waals surface area contributed by atoms with Gasteiger partial charge < -0.3 is 29.0 Å². The number of nitrogens with one attached hydrogen (secondary N) is 1. The van der Waals surface area contributed by atoms with E-state index in [0.717, 1.165) is 82.7 Å². The third-order valence-corrected chi connectivity index (χ3v) is 9.46. The van der Waals surface area contributed by atoms with Gasteiger partial charge in [-0.15, -0.1) is 5.10 Å². The molecule has 0 spiro atoms. The van der Waals surface area contributed by atoms with Crippen molar-refractivity contribution in [3.63, 3.8) is 0 Å². The maximum absolute atomic E-state index is 14.2. The van der Waals surface area contributed by atoms with Crippen molar-refractivity contribution < 1.29 is 37.4 Å². The van der Waals surface area contributed by atoms with E-state index in [1.165, 1.54) is 21.7 Å². The van der Waals surface area contributed by atoms with Gasteiger partial charge in [-0.1, -0.05) is 43.4 Å². The number of fused-ring (bicyclic) bond motifs is 2. The quantitative estimate of drug-likeness (QED) is 0.134. The van der Waals surface area contributed by atoms with Gasteiger partial charge in [-0.05, 0) is 51.5 Å². The summed E-state index contributed by atoms with van der Waals surface area (Å²) in [5.74, 6) is -4.25. The van der Waals surface area contributed by atoms with Gasteiger partial charge in [0.2, 0.25) is 11.2 Å². The molecule has 0 bridgehead atoms. The maximum Gasteiger partial charge on any atom is 0.311 e. The van der Waals surface area contributed by atoms with Crippen LogP contribution in [0.1, 0.15) is 110 Å². The fraction of sp³-hybridized carbons (Fsp3) is 0.568. The Morgan fingerprint density at radius 3 is 2.60 bits per heavy atom. The standard InChI is InChI=1S/C37H48F2N6O7/c1-25-16-19-51-31-24-43-23-29(36(48)40-21-26-14-15-27(38)20-30(26)39)34(47)35(33(43)37(49)45(25)31)52-32(46)13-9-5-3-4-8-12-28-22-44(42-41-28)17-10-6-7-11-18-50-2/h14-15,20,22-23,25,31H,3-13,16-19,21,24H2,1-2H3,(H,40,48)/t25-,31+/m1/s1. The van der Waals surface area contributed by atoms with Crippen LogP contribution in [0, 0.1) is 11.6 Å². The number of methoxy groups -OCH3 is 1. The number of pyridine rings is 1. The summed E-state index contributed by atoms with van der Waals surface area (Å²) < 4.78 is 47.3. The SMILES string of the molecule is COCCCCCCn1cc(CCCCCCCC(=O)Oc2c3n(cc(C(=O)NCc4ccc(F)cc4F)c2=O)C[C@@H]2OCC[C@@H](C)N2C3=O)nn1. The summed E-state index contributed by atoms with van der Waals surface area (Å²) in [5.41, 5.74) is -0.488. The Hall–Kier alpha value is -4.50. The Morgan fingerprint density at radius 2 is 1.79 bits per heavy atom. The number of esters is 1. The number of amides is 2. The minimum Gasteiger partial charge on any atom is -0.420 e. The van der Waals surface area contributed by atoms with Gasteiger partial charge in [0.25, 0.3) is 11.8 Å². The second kappa shape index (κ2) is 18.8. The Morgan fingerprint density at radius 1 is 1.02 bits per heavy atom. The molecule has 5 rings (SSSR count). The molecule has 3 aromatic rings. The van der Waals surface area contributed by atoms with Crippen LogP contribution in [0.25, 0.3) is 0 Å². The molecule has 1 fully saturated rings. The van der Waals surface area contributed by atoms with Crippen molar-refractivity contribution in [2.24, 2.45) is 0 Å². The van der Waals surface area contributed by atoms with Crippen molar-refractivity contribution >= 4 is 17.8 Å². The number of hydrogen-bond acceptors (Lipinski definition) is 9. The van der Waals surface area contributed by atoms with Gasteiger partial charge in [0, 0.05) is 63.3 Å². The van der Waals surface area contributed by atoms with E-state index in [-0.39, 0.29) is 36.8 Å². The van der Waals surface area contributed by atoms with Gasteiger partial charge in [0.15, 0.2) is 11.9 Å². The number of halogens is 2. The second-order valence-electron chi connectivity index (χ2n) is 13.4. The zero-order valence-electron chi connectivity index (χ0n) is 29.9. The van der Waals surface area contributed by atoms with Gasteiger partial charge >= 0.3 is 5.97 Å². The van der Waals surface area contributed by atoms with Crippen molar-refractivity contribution in [3.8, 4) is 5.75 Å². The molecule has 282 valence electrons. The molecule has 0 saturated carbocycles. The molecule has 2 aliphatic heterocycles. The zero-order valence-corrected chi connectivity index (χ0v) is 29.9. The van der Waals surface area contributed by atoms with Crippen LogP contribution in [-0.2, 0) is 40.3 Å². The molecule has 15 heteroatoms. The first-order valence-electron chi connectivity index (χ1n) is 18.2. The van der Waals surface area contributed by atoms with E-state index >= 15 is 0 Å². The van der Waals surface area contributed by atoms with Crippen LogP contribution in [0.15, 0.2) is 35.4 Å². The van der Waals surface area contributed by atoms with Crippen molar-refractivity contribution in [1.82, 2.24) is 29.8 Å². The first-order chi connectivity index (χ1) is 25.2. The lowest BCUT2D eigenvalue weighted by molar-refractivity contribution is -0.134. The molecule has 2 aromatic heterocycles. The lowest BCUT2D eigenvalue weighted by atomic mass is 10.1. The number of aryl methyl sites for hydroxylation is 2. The average Bonchev–Trinajstić information content (AvgIpc) is 3.57. The van der Waals surface area contributed by atoms with E-state index in [1.807, 2.05) is 17.8 Å². The predicted octanol–water partition coefficient (Wildman–Crippen LogP) is 4.93. The Bertz CT molecular complexity index is 1760. The summed E-state index contributed by atoms with van der Waals surface area (Å²) in [7, 11) is 1.72. The van der Waals surface area contributed by atoms with Gasteiger partial charge in [-0.3, -0.25) is 23.9 Å². The molecular weight excluding hydrogens is 678 g/mol. The monoisotopic (exact) mass is 726 g/mol. The molecule has 0 unspecified atom stereocenters. The van der Waals surface area contributed by atoms with Gasteiger partial charge in [0.1, 0.15) is 17.2 Å². The summed E-state index contributed by atoms with van der Waals surface area (Å²) in [6, 6.07) is 2.76. The van der Waals surface area contributed by atoms with Crippen LogP contribution in [-0.4, -0.2) is 74.8 Å². The van der Waals surface area contributed by atoms with Gasteiger partial charge in [-0.25, -0.2) is 8.78 Å². The Labute approximate surface area is 301 Å². The van der Waals surface area contributed by atoms with Gasteiger partial charge in [-0.2, -0.15) is 0 Å². The van der Waals surface area contributed by atoms with E-state index in [9.17, 15) is 28.0 Å². The number of unbranched alkanes of at least 4 members (excludes halogenated alkanes) is 7. The average molecular weight is 727 g/mol. The number of benzene rings is 1. The normalized spacial score (nSPS) is 16.8. The topological polar surface area (TPSA) is 147 Å². The number of rotatable bonds is 19. The first-order valence-corrected chi connectivity index (χ1v) is 18.2. The highest BCUT2D eigenvalue weighted by Gasteiger charge is 2.42. The van der Waals surface area contributed by atoms with Crippen LogP contribution >= 0.6 is 0 Å². The van der Waals surface area contributed by atoms with Crippen LogP contribution in [0.4, 0.5) is 8.78 Å². The highest BCUT2D eigenvalue weighted by atomic mass is 19.1. The summed E-state index contributed by atoms with van der Waals surface area (Å²) in [4.78, 5) is 55.3. The predicted molar refractivity (Wildman–Crippen MR) is 186 cm³/mol. The fourth-order valence-corrected chi connectivity index (χ4v) is 6.54. The number of nitrogens with zero attached hydrogens (tertiary/aromatic N) is 5. The van der Waals surface area contributed by atoms with Crippen LogP contribution in [0.2, 0.25) is 0 Å². The smallest absolute Gasteiger partial charge is 0.311 e. The summed E-state index contributed by atoms with van der Waals surface area (Å²) in [6.07, 6.45) is 12.5. The molecule has 13 nitrogen and oxygen atoms in total. The summed E-state index contributed by atoms with van der Waals surface area (Å²) in [6.45, 7) is 3.73. The van der Waals surface area contributed by atoms with E-state index in [2.05, 4.69) is 15.6 Å². The van der Waals surface area contributed by atoms with Gasteiger partial charge in [0.05, 0.1) is 18.8 Å². The molecule has 1 aromatic carbocycles. The van der Waals surface area contributed by atoms with Crippen LogP contribution < -0.4 is 15.5 Å². The molecule has 4 heterocycles. The van der Waals surface area contributed by atoms with Crippen LogP contribution in [0.3, 0.4) is 0 Å². The molecule has 2 atom stereocenters. The third-order valence-electron chi connectivity index (χ3n) is 9.46. The number of carbonyl (C=O) groups is 3. The first kappa shape index (κ1) is 38.7. The third kappa shape index (κ3) is 10.1. The second-order valence-corrected chi connectivity index (χ2v) is 13.4. The van der Waals surface area contributed by atoms with E-state index < -0.39 is 52.4 Å². The number of ether oxygens (including phenoxy) is 3. The molecular formula is C37H48F2N6O7. The minimum atomic E-state index is -0.937. The largest absolute Gasteiger partial charge is 0.420 e. The summed E-state index contributed by atoms with van der Waals surface area (Å²) in [5, 5.41) is 11.0. The Kier molecular flexibility index (Phi) is 14.0. The van der Waals surface area contributed by atoms with E-state index in [1.54, 1.807) is 7.11 Å². The lowest BCUT2D eigenvalue weighted by Gasteiger charge is -2.44. The molecule has 0 radical (unpaired) electrons. The van der Waals surface area contributed by atoms with Crippen molar-refractivity contribution in [1.29, 1.82) is 0 Å². The molecule has 0 aliphatic carbocycles. The minimum absolute atomic E-state index is 0.0123. The molecule has 2 amide bonds. The van der Waals surface area contributed by atoms with Crippen LogP contribution in [0.5, 0.6) is 5.75 Å². The zero-order chi connectivity index (χ0) is 37.0. The number of carbonyl (C=O) groups excluding carboxylic acids is 3. The fourth-order valence-electron chi connectivity index (χ4n) is 6.54. The maximum atomic E-state index is 14.2. The summed E-state index contributed by atoms with van der Waals surface area (Å²) >= 11 is 0. The van der Waals surface area contributed by atoms with Crippen molar-refractivity contribution in [2.45, 2.75) is 116 Å². The number of aromatic nitrogens is 4. The lowest BCUT2D eigenvalue weighted by Crippen LogP contribution is -2.57. The van der Waals surface area contributed by atoms with Crippen molar-refractivity contribution in [3.05, 3.63) is 75.0 Å².